The zero-order valence-corrected chi connectivity index (χ0v) is 15.6. The fraction of sp³-hybridized carbons (Fsp3) is 0.316. The molecule has 1 aliphatic rings. The monoisotopic (exact) mass is 383 g/mol. The number of hydrogen-bond acceptors (Lipinski definition) is 6. The molecule has 2 aromatic heterocycles. The highest BCUT2D eigenvalue weighted by Crippen LogP contribution is 2.37. The summed E-state index contributed by atoms with van der Waals surface area (Å²) < 4.78 is 7.85. The smallest absolute Gasteiger partial charge is 0.221 e. The Morgan fingerprint density at radius 1 is 1.33 bits per heavy atom. The van der Waals surface area contributed by atoms with E-state index in [1.807, 2.05) is 35.0 Å². The van der Waals surface area contributed by atoms with Crippen LogP contribution in [-0.2, 0) is 17.9 Å². The predicted molar refractivity (Wildman–Crippen MR) is 104 cm³/mol. The van der Waals surface area contributed by atoms with Crippen molar-refractivity contribution in [1.29, 1.82) is 0 Å². The summed E-state index contributed by atoms with van der Waals surface area (Å²) in [6.45, 7) is 1.96. The fourth-order valence-corrected chi connectivity index (χ4v) is 4.21. The number of rotatable bonds is 6. The van der Waals surface area contributed by atoms with Crippen LogP contribution in [0.15, 0.2) is 43.0 Å². The molecule has 0 unspecified atom stereocenters. The Labute approximate surface area is 161 Å². The minimum atomic E-state index is -0.0207. The third-order valence-corrected chi connectivity index (χ3v) is 5.61. The summed E-state index contributed by atoms with van der Waals surface area (Å²) in [6.07, 6.45) is 6.83. The average Bonchev–Trinajstić information content (AvgIpc) is 3.29. The van der Waals surface area contributed by atoms with Gasteiger partial charge in [0.15, 0.2) is 5.13 Å². The summed E-state index contributed by atoms with van der Waals surface area (Å²) in [6, 6.07) is 7.96. The topological polar surface area (TPSA) is 95.1 Å². The Balaban J connectivity index is 1.41. The van der Waals surface area contributed by atoms with Gasteiger partial charge in [0.25, 0.3) is 0 Å². The van der Waals surface area contributed by atoms with Crippen LogP contribution < -0.4 is 15.8 Å². The number of benzene rings is 1. The molecule has 3 aromatic rings. The molecule has 1 aromatic carbocycles. The van der Waals surface area contributed by atoms with Crippen LogP contribution >= 0.6 is 11.3 Å². The van der Waals surface area contributed by atoms with Gasteiger partial charge < -0.3 is 20.4 Å². The van der Waals surface area contributed by atoms with Gasteiger partial charge in [-0.05, 0) is 24.1 Å². The molecule has 8 heteroatoms. The van der Waals surface area contributed by atoms with Crippen LogP contribution in [0.5, 0.6) is 5.75 Å². The molecule has 0 radical (unpaired) electrons. The molecular weight excluding hydrogens is 362 g/mol. The van der Waals surface area contributed by atoms with E-state index >= 15 is 0 Å². The Hall–Kier alpha value is -2.87. The predicted octanol–water partition coefficient (Wildman–Crippen LogP) is 2.54. The third kappa shape index (κ3) is 4.11. The van der Waals surface area contributed by atoms with E-state index in [9.17, 15) is 4.79 Å². The summed E-state index contributed by atoms with van der Waals surface area (Å²) in [5.41, 5.74) is 7.82. The number of carbonyl (C=O) groups excluding carboxylic acids is 1. The van der Waals surface area contributed by atoms with Gasteiger partial charge in [-0.25, -0.2) is 9.97 Å². The van der Waals surface area contributed by atoms with Gasteiger partial charge in [-0.3, -0.25) is 4.79 Å². The minimum Gasteiger partial charge on any atom is -0.494 e. The molecule has 0 spiro atoms. The molecule has 0 fully saturated rings. The van der Waals surface area contributed by atoms with Crippen LogP contribution in [-0.4, -0.2) is 27.0 Å². The number of hydrogen-bond donors (Lipinski definition) is 2. The van der Waals surface area contributed by atoms with Gasteiger partial charge in [-0.2, -0.15) is 0 Å². The van der Waals surface area contributed by atoms with Crippen LogP contribution in [0.1, 0.15) is 34.9 Å². The van der Waals surface area contributed by atoms with Crippen LogP contribution in [0.4, 0.5) is 5.13 Å². The molecule has 0 bridgehead atoms. The maximum absolute atomic E-state index is 12.1. The average molecular weight is 383 g/mol. The molecule has 4 rings (SSSR count). The van der Waals surface area contributed by atoms with Crippen LogP contribution in [0, 0.1) is 0 Å². The van der Waals surface area contributed by atoms with Gasteiger partial charge in [0.2, 0.25) is 5.91 Å². The first-order valence-corrected chi connectivity index (χ1v) is 9.71. The zero-order chi connectivity index (χ0) is 18.6. The third-order valence-electron chi connectivity index (χ3n) is 4.57. The lowest BCUT2D eigenvalue weighted by Gasteiger charge is -2.14. The van der Waals surface area contributed by atoms with E-state index in [1.165, 1.54) is 11.3 Å². The van der Waals surface area contributed by atoms with E-state index in [0.717, 1.165) is 34.8 Å². The molecule has 3 N–H and O–H groups in total. The van der Waals surface area contributed by atoms with Crippen molar-refractivity contribution < 1.29 is 9.53 Å². The van der Waals surface area contributed by atoms with Gasteiger partial charge in [0.1, 0.15) is 5.75 Å². The summed E-state index contributed by atoms with van der Waals surface area (Å²) in [5.74, 6) is 0.836. The zero-order valence-electron chi connectivity index (χ0n) is 14.8. The molecule has 1 amide bonds. The number of aromatic nitrogens is 3. The number of ether oxygens (including phenoxy) is 1. The van der Waals surface area contributed by atoms with Crippen molar-refractivity contribution in [3.8, 4) is 5.75 Å². The number of fused-ring (bicyclic) bond motifs is 1. The minimum absolute atomic E-state index is 0.0207. The van der Waals surface area contributed by atoms with Gasteiger partial charge in [-0.15, -0.1) is 11.3 Å². The van der Waals surface area contributed by atoms with E-state index in [1.54, 1.807) is 12.5 Å². The summed E-state index contributed by atoms with van der Waals surface area (Å²) >= 11 is 1.46. The largest absolute Gasteiger partial charge is 0.494 e. The molecule has 1 aliphatic heterocycles. The number of thiazole rings is 1. The summed E-state index contributed by atoms with van der Waals surface area (Å²) in [7, 11) is 0. The van der Waals surface area contributed by atoms with Crippen molar-refractivity contribution in [2.24, 2.45) is 0 Å². The second-order valence-corrected chi connectivity index (χ2v) is 7.53. The van der Waals surface area contributed by atoms with Crippen LogP contribution in [0.25, 0.3) is 0 Å². The maximum atomic E-state index is 12.1. The number of anilines is 1. The Bertz CT molecular complexity index is 905. The number of imidazole rings is 1. The highest BCUT2D eigenvalue weighted by atomic mass is 32.1. The Morgan fingerprint density at radius 3 is 2.96 bits per heavy atom. The number of carbonyl (C=O) groups is 1. The van der Waals surface area contributed by atoms with E-state index in [-0.39, 0.29) is 11.8 Å². The Kier molecular flexibility index (Phi) is 5.06. The van der Waals surface area contributed by atoms with Gasteiger partial charge in [0, 0.05) is 36.2 Å². The summed E-state index contributed by atoms with van der Waals surface area (Å²) in [4.78, 5) is 21.5. The fourth-order valence-electron chi connectivity index (χ4n) is 3.24. The van der Waals surface area contributed by atoms with Gasteiger partial charge in [0.05, 0.1) is 25.2 Å². The molecular formula is C19H21N5O2S. The first kappa shape index (κ1) is 17.5. The van der Waals surface area contributed by atoms with Crippen molar-refractivity contribution >= 4 is 22.4 Å². The van der Waals surface area contributed by atoms with E-state index in [2.05, 4.69) is 15.3 Å². The number of nitrogens with zero attached hydrogens (tertiary/aromatic N) is 3. The molecule has 140 valence electrons. The maximum Gasteiger partial charge on any atom is 0.221 e. The molecule has 0 saturated heterocycles. The molecule has 27 heavy (non-hydrogen) atoms. The quantitative estimate of drug-likeness (QED) is 0.638. The normalized spacial score (nSPS) is 16.4. The number of aryl methyl sites for hydroxylation is 1. The molecule has 0 aliphatic carbocycles. The molecule has 1 atom stereocenters. The molecule has 3 heterocycles. The standard InChI is InChI=1S/C19H21N5O2S/c20-19-23-16-11-22-17(25)10-15(18(16)27-19)13-2-4-14(5-3-13)26-9-1-7-24-8-6-21-12-24/h2-6,8,12,15H,1,7,9-11H2,(H2,20,23)(H,22,25)/t15-/m1/s1. The second kappa shape index (κ2) is 7.79. The van der Waals surface area contributed by atoms with Crippen molar-refractivity contribution in [2.45, 2.75) is 31.8 Å². The number of nitrogen functional groups attached to an aromatic ring is 1. The van der Waals surface area contributed by atoms with Crippen molar-refractivity contribution in [3.63, 3.8) is 0 Å². The van der Waals surface area contributed by atoms with Crippen LogP contribution in [0.3, 0.4) is 0 Å². The first-order chi connectivity index (χ1) is 13.2. The number of nitrogens with one attached hydrogen (secondary N) is 1. The second-order valence-electron chi connectivity index (χ2n) is 6.47. The molecule has 0 saturated carbocycles. The lowest BCUT2D eigenvalue weighted by Crippen LogP contribution is -2.21. The van der Waals surface area contributed by atoms with Crippen molar-refractivity contribution in [3.05, 3.63) is 59.1 Å². The number of nitrogens with two attached hydrogens (primary N) is 1. The Morgan fingerprint density at radius 2 is 2.19 bits per heavy atom. The van der Waals surface area contributed by atoms with Crippen molar-refractivity contribution in [1.82, 2.24) is 19.9 Å². The molecule has 7 nitrogen and oxygen atoms in total. The van der Waals surface area contributed by atoms with E-state index < -0.39 is 0 Å². The SMILES string of the molecule is Nc1nc2c(s1)[C@@H](c1ccc(OCCCn3ccnc3)cc1)CC(=O)NC2. The van der Waals surface area contributed by atoms with Crippen molar-refractivity contribution in [2.75, 3.05) is 12.3 Å². The first-order valence-electron chi connectivity index (χ1n) is 8.89. The number of amides is 1. The highest BCUT2D eigenvalue weighted by molar-refractivity contribution is 7.15. The highest BCUT2D eigenvalue weighted by Gasteiger charge is 2.27. The van der Waals surface area contributed by atoms with Gasteiger partial charge in [-0.1, -0.05) is 12.1 Å². The van der Waals surface area contributed by atoms with E-state index in [4.69, 9.17) is 10.5 Å². The van der Waals surface area contributed by atoms with Crippen LogP contribution in [0.2, 0.25) is 0 Å². The lowest BCUT2D eigenvalue weighted by atomic mass is 9.93. The van der Waals surface area contributed by atoms with E-state index in [0.29, 0.717) is 24.7 Å². The summed E-state index contributed by atoms with van der Waals surface area (Å²) in [5, 5.41) is 3.43. The lowest BCUT2D eigenvalue weighted by molar-refractivity contribution is -0.121. The van der Waals surface area contributed by atoms with Gasteiger partial charge >= 0.3 is 0 Å².